The lowest BCUT2D eigenvalue weighted by molar-refractivity contribution is 1.07. The third-order valence-electron chi connectivity index (χ3n) is 2.60. The van der Waals surface area contributed by atoms with Gasteiger partial charge in [-0.05, 0) is 24.6 Å². The van der Waals surface area contributed by atoms with Crippen LogP contribution in [0.15, 0.2) is 30.6 Å². The average Bonchev–Trinajstić information content (AvgIpc) is 2.42. The highest BCUT2D eigenvalue weighted by Gasteiger charge is 2.06. The maximum absolute atomic E-state index is 5.99. The van der Waals surface area contributed by atoms with Crippen LogP contribution >= 0.6 is 11.6 Å². The van der Waals surface area contributed by atoms with Crippen molar-refractivity contribution in [2.45, 2.75) is 13.5 Å². The molecule has 1 aromatic heterocycles. The molecule has 0 aliphatic carbocycles. The van der Waals surface area contributed by atoms with Crippen molar-refractivity contribution in [3.05, 3.63) is 41.2 Å². The fourth-order valence-electron chi connectivity index (χ4n) is 1.63. The Morgan fingerprint density at radius 1 is 1.11 bits per heavy atom. The minimum absolute atomic E-state index is 0.526. The monoisotopic (exact) mass is 277 g/mol. The fourth-order valence-corrected chi connectivity index (χ4v) is 1.76. The predicted octanol–water partition coefficient (Wildman–Crippen LogP) is 2.76. The molecule has 0 radical (unpaired) electrons. The Morgan fingerprint density at radius 2 is 1.74 bits per heavy atom. The maximum atomic E-state index is 5.99. The zero-order valence-electron chi connectivity index (χ0n) is 10.7. The molecule has 19 heavy (non-hydrogen) atoms. The first-order valence-corrected chi connectivity index (χ1v) is 6.41. The van der Waals surface area contributed by atoms with Crippen molar-refractivity contribution in [2.75, 3.05) is 22.9 Å². The van der Waals surface area contributed by atoms with E-state index in [4.69, 9.17) is 17.3 Å². The van der Waals surface area contributed by atoms with Crippen LogP contribution in [0.3, 0.4) is 0 Å². The van der Waals surface area contributed by atoms with Gasteiger partial charge < -0.3 is 16.4 Å². The number of nitrogen functional groups attached to an aromatic ring is 1. The molecule has 0 spiro atoms. The van der Waals surface area contributed by atoms with Crippen LogP contribution in [-0.2, 0) is 6.54 Å². The molecule has 5 nitrogen and oxygen atoms in total. The minimum Gasteiger partial charge on any atom is -0.393 e. The summed E-state index contributed by atoms with van der Waals surface area (Å²) >= 11 is 5.84. The number of nitrogens with zero attached hydrogens (tertiary/aromatic N) is 2. The van der Waals surface area contributed by atoms with Gasteiger partial charge in [-0.1, -0.05) is 23.7 Å². The first-order valence-electron chi connectivity index (χ1n) is 6.03. The van der Waals surface area contributed by atoms with Gasteiger partial charge in [-0.15, -0.1) is 0 Å². The molecule has 0 amide bonds. The summed E-state index contributed by atoms with van der Waals surface area (Å²) in [6, 6.07) is 7.62. The molecule has 2 rings (SSSR count). The number of anilines is 3. The van der Waals surface area contributed by atoms with Crippen molar-refractivity contribution in [1.29, 1.82) is 0 Å². The lowest BCUT2D eigenvalue weighted by atomic mass is 10.2. The van der Waals surface area contributed by atoms with Crippen LogP contribution in [0.5, 0.6) is 0 Å². The summed E-state index contributed by atoms with van der Waals surface area (Å²) in [5.41, 5.74) is 7.62. The molecule has 4 N–H and O–H groups in total. The molecule has 2 aromatic rings. The highest BCUT2D eigenvalue weighted by molar-refractivity contribution is 6.30. The molecule has 6 heteroatoms. The van der Waals surface area contributed by atoms with Gasteiger partial charge >= 0.3 is 0 Å². The first kappa shape index (κ1) is 13.4. The Kier molecular flexibility index (Phi) is 4.41. The standard InChI is InChI=1S/C13H16ClN5/c1-2-16-12-11(15)13(19-8-18-12)17-7-9-3-5-10(14)6-4-9/h3-6,8H,2,7,15H2,1H3,(H2,16,17,18,19). The Balaban J connectivity index is 2.07. The van der Waals surface area contributed by atoms with Gasteiger partial charge in [0.15, 0.2) is 11.6 Å². The molecular formula is C13H16ClN5. The van der Waals surface area contributed by atoms with E-state index in [0.29, 0.717) is 23.9 Å². The van der Waals surface area contributed by atoms with Crippen molar-refractivity contribution in [3.8, 4) is 0 Å². The van der Waals surface area contributed by atoms with Gasteiger partial charge in [0.1, 0.15) is 12.0 Å². The second-order valence-corrected chi connectivity index (χ2v) is 4.43. The minimum atomic E-state index is 0.526. The Labute approximate surface area is 117 Å². The largest absolute Gasteiger partial charge is 0.393 e. The number of hydrogen-bond donors (Lipinski definition) is 3. The average molecular weight is 278 g/mol. The van der Waals surface area contributed by atoms with Crippen molar-refractivity contribution in [2.24, 2.45) is 0 Å². The van der Waals surface area contributed by atoms with Crippen molar-refractivity contribution in [3.63, 3.8) is 0 Å². The SMILES string of the molecule is CCNc1ncnc(NCc2ccc(Cl)cc2)c1N. The van der Waals surface area contributed by atoms with Crippen LogP contribution in [0.2, 0.25) is 5.02 Å². The molecule has 100 valence electrons. The zero-order chi connectivity index (χ0) is 13.7. The molecule has 0 aliphatic heterocycles. The van der Waals surface area contributed by atoms with E-state index in [1.807, 2.05) is 31.2 Å². The van der Waals surface area contributed by atoms with E-state index in [1.54, 1.807) is 0 Å². The van der Waals surface area contributed by atoms with E-state index in [9.17, 15) is 0 Å². The predicted molar refractivity (Wildman–Crippen MR) is 79.4 cm³/mol. The molecule has 1 aromatic carbocycles. The Morgan fingerprint density at radius 3 is 2.37 bits per heavy atom. The molecule has 0 bridgehead atoms. The van der Waals surface area contributed by atoms with E-state index in [2.05, 4.69) is 20.6 Å². The second-order valence-electron chi connectivity index (χ2n) is 3.99. The zero-order valence-corrected chi connectivity index (χ0v) is 11.4. The van der Waals surface area contributed by atoms with E-state index in [0.717, 1.165) is 17.1 Å². The lowest BCUT2D eigenvalue weighted by Gasteiger charge is -2.11. The van der Waals surface area contributed by atoms with Crippen LogP contribution in [0.25, 0.3) is 0 Å². The quantitative estimate of drug-likeness (QED) is 0.783. The normalized spacial score (nSPS) is 10.2. The van der Waals surface area contributed by atoms with E-state index in [-0.39, 0.29) is 0 Å². The summed E-state index contributed by atoms with van der Waals surface area (Å²) in [6.07, 6.45) is 1.48. The highest BCUT2D eigenvalue weighted by Crippen LogP contribution is 2.22. The maximum Gasteiger partial charge on any atom is 0.155 e. The number of nitrogens with one attached hydrogen (secondary N) is 2. The van der Waals surface area contributed by atoms with Gasteiger partial charge in [-0.2, -0.15) is 0 Å². The summed E-state index contributed by atoms with van der Waals surface area (Å²) in [6.45, 7) is 3.38. The Bertz CT molecular complexity index is 541. The molecular weight excluding hydrogens is 262 g/mol. The molecule has 1 heterocycles. The van der Waals surface area contributed by atoms with Crippen LogP contribution < -0.4 is 16.4 Å². The van der Waals surface area contributed by atoms with E-state index >= 15 is 0 Å². The van der Waals surface area contributed by atoms with Crippen molar-refractivity contribution >= 4 is 28.9 Å². The third-order valence-corrected chi connectivity index (χ3v) is 2.85. The summed E-state index contributed by atoms with van der Waals surface area (Å²) in [7, 11) is 0. The number of benzene rings is 1. The van der Waals surface area contributed by atoms with Crippen LogP contribution in [-0.4, -0.2) is 16.5 Å². The van der Waals surface area contributed by atoms with Gasteiger partial charge in [-0.3, -0.25) is 0 Å². The topological polar surface area (TPSA) is 75.9 Å². The van der Waals surface area contributed by atoms with Crippen molar-refractivity contribution in [1.82, 2.24) is 9.97 Å². The molecule has 0 saturated carbocycles. The van der Waals surface area contributed by atoms with E-state index < -0.39 is 0 Å². The van der Waals surface area contributed by atoms with Gasteiger partial charge in [-0.25, -0.2) is 9.97 Å². The van der Waals surface area contributed by atoms with Crippen molar-refractivity contribution < 1.29 is 0 Å². The number of aromatic nitrogens is 2. The molecule has 0 aliphatic rings. The van der Waals surface area contributed by atoms with Crippen LogP contribution in [0.1, 0.15) is 12.5 Å². The molecule has 0 saturated heterocycles. The Hall–Kier alpha value is -2.01. The summed E-state index contributed by atoms with van der Waals surface area (Å²) in [5, 5.41) is 7.00. The molecule has 0 unspecified atom stereocenters. The summed E-state index contributed by atoms with van der Waals surface area (Å²) in [4.78, 5) is 8.23. The number of nitrogens with two attached hydrogens (primary N) is 1. The number of hydrogen-bond acceptors (Lipinski definition) is 5. The number of rotatable bonds is 5. The smallest absolute Gasteiger partial charge is 0.155 e. The van der Waals surface area contributed by atoms with Gasteiger partial charge in [0, 0.05) is 18.1 Å². The van der Waals surface area contributed by atoms with Crippen LogP contribution in [0, 0.1) is 0 Å². The lowest BCUT2D eigenvalue weighted by Crippen LogP contribution is -2.09. The summed E-state index contributed by atoms with van der Waals surface area (Å²) < 4.78 is 0. The third kappa shape index (κ3) is 3.48. The molecule has 0 atom stereocenters. The first-order chi connectivity index (χ1) is 9.20. The summed E-state index contributed by atoms with van der Waals surface area (Å²) in [5.74, 6) is 1.28. The second kappa shape index (κ2) is 6.24. The van der Waals surface area contributed by atoms with Gasteiger partial charge in [0.05, 0.1) is 0 Å². The van der Waals surface area contributed by atoms with Crippen LogP contribution in [0.4, 0.5) is 17.3 Å². The van der Waals surface area contributed by atoms with Gasteiger partial charge in [0.2, 0.25) is 0 Å². The molecule has 0 fully saturated rings. The van der Waals surface area contributed by atoms with Gasteiger partial charge in [0.25, 0.3) is 0 Å². The van der Waals surface area contributed by atoms with E-state index in [1.165, 1.54) is 6.33 Å². The fraction of sp³-hybridized carbons (Fsp3) is 0.231. The highest BCUT2D eigenvalue weighted by atomic mass is 35.5. The number of halogens is 1.